The Hall–Kier alpha value is -1.30. The first-order valence-electron chi connectivity index (χ1n) is 5.40. The first-order chi connectivity index (χ1) is 8.61. The van der Waals surface area contributed by atoms with Crippen LogP contribution in [0.4, 0.5) is 0 Å². The summed E-state index contributed by atoms with van der Waals surface area (Å²) in [6.45, 7) is 0.777. The van der Waals surface area contributed by atoms with Crippen LogP contribution in [0.2, 0.25) is 10.0 Å². The molecule has 3 N–H and O–H groups in total. The lowest BCUT2D eigenvalue weighted by atomic mass is 10.2. The summed E-state index contributed by atoms with van der Waals surface area (Å²) in [5.41, 5.74) is 6.00. The van der Waals surface area contributed by atoms with Crippen LogP contribution in [-0.2, 0) is 13.0 Å². The third-order valence-corrected chi connectivity index (χ3v) is 3.14. The summed E-state index contributed by atoms with van der Waals surface area (Å²) in [6.07, 6.45) is 0.532. The van der Waals surface area contributed by atoms with Crippen molar-refractivity contribution in [1.29, 1.82) is 0 Å². The van der Waals surface area contributed by atoms with Crippen LogP contribution >= 0.6 is 23.2 Å². The van der Waals surface area contributed by atoms with E-state index in [-0.39, 0.29) is 5.69 Å². The van der Waals surface area contributed by atoms with Gasteiger partial charge in [-0.1, -0.05) is 29.3 Å². The maximum atomic E-state index is 11.6. The monoisotopic (exact) mass is 286 g/mol. The second kappa shape index (κ2) is 5.56. The lowest BCUT2D eigenvalue weighted by Gasteiger charge is -2.07. The zero-order chi connectivity index (χ0) is 13.1. The fourth-order valence-corrected chi connectivity index (χ4v) is 2.12. The van der Waals surface area contributed by atoms with Crippen LogP contribution in [0.15, 0.2) is 23.0 Å². The molecule has 0 saturated carbocycles. The Morgan fingerprint density at radius 1 is 1.39 bits per heavy atom. The number of nitrogens with two attached hydrogens (primary N) is 1. The molecule has 1 aromatic heterocycles. The molecule has 0 aliphatic rings. The van der Waals surface area contributed by atoms with Gasteiger partial charge in [-0.3, -0.25) is 4.57 Å². The van der Waals surface area contributed by atoms with Gasteiger partial charge < -0.3 is 5.73 Å². The average Bonchev–Trinajstić information content (AvgIpc) is 2.65. The van der Waals surface area contributed by atoms with Crippen LogP contribution in [0, 0.1) is 0 Å². The Morgan fingerprint density at radius 2 is 2.17 bits per heavy atom. The van der Waals surface area contributed by atoms with Crippen molar-refractivity contribution in [1.82, 2.24) is 14.8 Å². The molecule has 0 spiro atoms. The second-order valence-corrected chi connectivity index (χ2v) is 4.65. The van der Waals surface area contributed by atoms with E-state index in [4.69, 9.17) is 28.9 Å². The number of rotatable bonds is 4. The predicted octanol–water partition coefficient (Wildman–Crippen LogP) is 1.43. The van der Waals surface area contributed by atoms with Crippen molar-refractivity contribution < 1.29 is 0 Å². The number of nitrogens with zero attached hydrogens (tertiary/aromatic N) is 2. The zero-order valence-electron chi connectivity index (χ0n) is 9.49. The van der Waals surface area contributed by atoms with Crippen molar-refractivity contribution in [3.63, 3.8) is 0 Å². The van der Waals surface area contributed by atoms with Gasteiger partial charge in [-0.15, -0.1) is 0 Å². The lowest BCUT2D eigenvalue weighted by Crippen LogP contribution is -2.21. The minimum absolute atomic E-state index is 0.274. The van der Waals surface area contributed by atoms with Gasteiger partial charge in [0.1, 0.15) is 5.82 Å². The molecule has 0 bridgehead atoms. The molecule has 0 unspecified atom stereocenters. The fraction of sp³-hybridized carbons (Fsp3) is 0.273. The summed E-state index contributed by atoms with van der Waals surface area (Å²) in [4.78, 5) is 11.6. The maximum Gasteiger partial charge on any atom is 0.343 e. The Bertz CT molecular complexity index is 605. The van der Waals surface area contributed by atoms with Crippen LogP contribution in [0.5, 0.6) is 0 Å². The molecular weight excluding hydrogens is 275 g/mol. The van der Waals surface area contributed by atoms with Crippen LogP contribution in [0.3, 0.4) is 0 Å². The zero-order valence-corrected chi connectivity index (χ0v) is 11.0. The molecule has 18 heavy (non-hydrogen) atoms. The molecule has 5 nitrogen and oxygen atoms in total. The van der Waals surface area contributed by atoms with Gasteiger partial charge >= 0.3 is 5.69 Å². The molecule has 7 heteroatoms. The summed E-state index contributed by atoms with van der Waals surface area (Å²) in [6, 6.07) is 5.17. The van der Waals surface area contributed by atoms with Crippen LogP contribution in [0.1, 0.15) is 11.4 Å². The van der Waals surface area contributed by atoms with E-state index in [0.717, 1.165) is 5.56 Å². The van der Waals surface area contributed by atoms with Crippen molar-refractivity contribution >= 4 is 23.2 Å². The van der Waals surface area contributed by atoms with Gasteiger partial charge in [0.2, 0.25) is 0 Å². The largest absolute Gasteiger partial charge is 0.343 e. The minimum Gasteiger partial charge on any atom is -0.330 e. The number of hydrogen-bond donors (Lipinski definition) is 2. The first-order valence-corrected chi connectivity index (χ1v) is 6.15. The molecule has 96 valence electrons. The topological polar surface area (TPSA) is 76.7 Å². The van der Waals surface area contributed by atoms with Gasteiger partial charge in [-0.05, 0) is 24.2 Å². The van der Waals surface area contributed by atoms with Crippen LogP contribution in [-0.4, -0.2) is 21.3 Å². The highest BCUT2D eigenvalue weighted by molar-refractivity contribution is 6.35. The Balaban J connectivity index is 2.33. The van der Waals surface area contributed by atoms with Crippen molar-refractivity contribution in [2.24, 2.45) is 5.73 Å². The predicted molar refractivity (Wildman–Crippen MR) is 71.2 cm³/mol. The van der Waals surface area contributed by atoms with Gasteiger partial charge in [0.15, 0.2) is 0 Å². The van der Waals surface area contributed by atoms with E-state index in [9.17, 15) is 4.79 Å². The van der Waals surface area contributed by atoms with Gasteiger partial charge in [-0.25, -0.2) is 9.89 Å². The van der Waals surface area contributed by atoms with E-state index < -0.39 is 0 Å². The average molecular weight is 287 g/mol. The van der Waals surface area contributed by atoms with Gasteiger partial charge in [-0.2, -0.15) is 5.10 Å². The standard InChI is InChI=1S/C11H12Cl2N4O/c12-8-2-1-7(9(13)5-8)6-17-10(3-4-14)15-16-11(17)18/h1-2,5H,3-4,6,14H2,(H,16,18). The molecule has 2 aromatic rings. The fourth-order valence-electron chi connectivity index (χ4n) is 1.65. The first kappa shape index (κ1) is 13.1. The Morgan fingerprint density at radius 3 is 2.83 bits per heavy atom. The summed E-state index contributed by atoms with van der Waals surface area (Å²) >= 11 is 11.9. The highest BCUT2D eigenvalue weighted by atomic mass is 35.5. The molecule has 0 fully saturated rings. The molecule has 0 saturated heterocycles. The highest BCUT2D eigenvalue weighted by Gasteiger charge is 2.10. The molecule has 0 aliphatic carbocycles. The van der Waals surface area contributed by atoms with Gasteiger partial charge in [0.25, 0.3) is 0 Å². The van der Waals surface area contributed by atoms with E-state index in [0.29, 0.717) is 35.4 Å². The van der Waals surface area contributed by atoms with Crippen molar-refractivity contribution in [3.8, 4) is 0 Å². The number of nitrogens with one attached hydrogen (secondary N) is 1. The summed E-state index contributed by atoms with van der Waals surface area (Å²) in [5.74, 6) is 0.619. The number of benzene rings is 1. The summed E-state index contributed by atoms with van der Waals surface area (Å²) in [5, 5.41) is 7.41. The SMILES string of the molecule is NCCc1n[nH]c(=O)n1Cc1ccc(Cl)cc1Cl. The third kappa shape index (κ3) is 2.75. The molecule has 0 aliphatic heterocycles. The van der Waals surface area contributed by atoms with Crippen molar-refractivity contribution in [2.45, 2.75) is 13.0 Å². The Labute approximate surface area is 114 Å². The van der Waals surface area contributed by atoms with E-state index in [1.54, 1.807) is 18.2 Å². The van der Waals surface area contributed by atoms with E-state index in [2.05, 4.69) is 10.2 Å². The molecule has 1 aromatic carbocycles. The molecular formula is C11H12Cl2N4O. The Kier molecular flexibility index (Phi) is 4.06. The molecule has 0 amide bonds. The number of H-pyrrole nitrogens is 1. The summed E-state index contributed by atoms with van der Waals surface area (Å²) < 4.78 is 1.52. The molecule has 0 radical (unpaired) electrons. The van der Waals surface area contributed by atoms with Crippen molar-refractivity contribution in [3.05, 3.63) is 50.1 Å². The van der Waals surface area contributed by atoms with Crippen LogP contribution in [0.25, 0.3) is 0 Å². The smallest absolute Gasteiger partial charge is 0.330 e. The van der Waals surface area contributed by atoms with E-state index >= 15 is 0 Å². The minimum atomic E-state index is -0.274. The highest BCUT2D eigenvalue weighted by Crippen LogP contribution is 2.21. The quantitative estimate of drug-likeness (QED) is 0.893. The summed E-state index contributed by atoms with van der Waals surface area (Å²) in [7, 11) is 0. The second-order valence-electron chi connectivity index (χ2n) is 3.81. The molecule has 2 rings (SSSR count). The number of halogens is 2. The maximum absolute atomic E-state index is 11.6. The number of hydrogen-bond acceptors (Lipinski definition) is 3. The normalized spacial score (nSPS) is 10.8. The van der Waals surface area contributed by atoms with Gasteiger partial charge in [0.05, 0.1) is 6.54 Å². The number of aromatic nitrogens is 3. The third-order valence-electron chi connectivity index (χ3n) is 2.55. The molecule has 1 heterocycles. The van der Waals surface area contributed by atoms with Gasteiger partial charge in [0, 0.05) is 16.5 Å². The van der Waals surface area contributed by atoms with E-state index in [1.165, 1.54) is 4.57 Å². The van der Waals surface area contributed by atoms with E-state index in [1.807, 2.05) is 0 Å². The molecule has 0 atom stereocenters. The lowest BCUT2D eigenvalue weighted by molar-refractivity contribution is 0.698. The van der Waals surface area contributed by atoms with Crippen LogP contribution < -0.4 is 11.4 Å². The van der Waals surface area contributed by atoms with Crippen molar-refractivity contribution in [2.75, 3.05) is 6.54 Å². The number of aromatic amines is 1.